The first-order chi connectivity index (χ1) is 8.77. The van der Waals surface area contributed by atoms with Crippen LogP contribution in [0.5, 0.6) is 0 Å². The monoisotopic (exact) mass is 357 g/mol. The van der Waals surface area contributed by atoms with Gasteiger partial charge in [0.1, 0.15) is 0 Å². The van der Waals surface area contributed by atoms with Crippen molar-refractivity contribution >= 4 is 28.3 Å². The second-order valence-electron chi connectivity index (χ2n) is 5.50. The summed E-state index contributed by atoms with van der Waals surface area (Å²) in [4.78, 5) is 0. The predicted molar refractivity (Wildman–Crippen MR) is 88.2 cm³/mol. The Morgan fingerprint density at radius 1 is 1.11 bits per heavy atom. The lowest BCUT2D eigenvalue weighted by atomic mass is 9.91. The van der Waals surface area contributed by atoms with E-state index < -0.39 is 0 Å². The van der Waals surface area contributed by atoms with Gasteiger partial charge < -0.3 is 5.32 Å². The van der Waals surface area contributed by atoms with Gasteiger partial charge in [0.2, 0.25) is 0 Å². The molecule has 1 aliphatic rings. The summed E-state index contributed by atoms with van der Waals surface area (Å²) in [6.07, 6.45) is 10.0. The van der Waals surface area contributed by atoms with Gasteiger partial charge in [0.05, 0.1) is 0 Å². The Balaban J connectivity index is 1.87. The van der Waals surface area contributed by atoms with E-state index >= 15 is 0 Å². The second kappa shape index (κ2) is 7.37. The molecule has 1 saturated carbocycles. The lowest BCUT2D eigenvalue weighted by Gasteiger charge is -2.21. The number of hydrogen-bond donors (Lipinski definition) is 1. The smallest absolute Gasteiger partial charge is 0.0380 e. The topological polar surface area (TPSA) is 12.0 Å². The zero-order valence-electron chi connectivity index (χ0n) is 11.3. The van der Waals surface area contributed by atoms with Crippen molar-refractivity contribution in [3.05, 3.63) is 27.3 Å². The molecule has 1 aromatic rings. The molecule has 0 radical (unpaired) electrons. The van der Waals surface area contributed by atoms with E-state index in [1.54, 1.807) is 0 Å². The van der Waals surface area contributed by atoms with Crippen molar-refractivity contribution in [3.63, 3.8) is 0 Å². The van der Waals surface area contributed by atoms with Crippen LogP contribution in [0.4, 0.5) is 5.69 Å². The van der Waals surface area contributed by atoms with Crippen LogP contribution in [-0.4, -0.2) is 6.54 Å². The summed E-state index contributed by atoms with van der Waals surface area (Å²) in [7, 11) is 0. The minimum Gasteiger partial charge on any atom is -0.385 e. The molecule has 2 rings (SSSR count). The molecule has 1 aliphatic carbocycles. The molecule has 1 nitrogen and oxygen atoms in total. The van der Waals surface area contributed by atoms with Crippen LogP contribution in [0.1, 0.15) is 50.5 Å². The van der Waals surface area contributed by atoms with Crippen molar-refractivity contribution in [1.82, 2.24) is 0 Å². The van der Waals surface area contributed by atoms with Crippen LogP contribution >= 0.6 is 22.6 Å². The van der Waals surface area contributed by atoms with E-state index in [9.17, 15) is 0 Å². The van der Waals surface area contributed by atoms with Gasteiger partial charge >= 0.3 is 0 Å². The first kappa shape index (κ1) is 14.2. The zero-order valence-corrected chi connectivity index (χ0v) is 13.5. The molecule has 100 valence electrons. The van der Waals surface area contributed by atoms with Crippen LogP contribution in [0.25, 0.3) is 0 Å². The van der Waals surface area contributed by atoms with Gasteiger partial charge in [-0.05, 0) is 66.0 Å². The standard InChI is InChI=1S/C16H24IN/c1-13-15(17)10-7-11-16(13)18-12-14-8-5-3-2-4-6-9-14/h7,10-11,14,18H,2-6,8-9,12H2,1H3. The molecule has 18 heavy (non-hydrogen) atoms. The summed E-state index contributed by atoms with van der Waals surface area (Å²) >= 11 is 2.42. The first-order valence-electron chi connectivity index (χ1n) is 7.26. The highest BCUT2D eigenvalue weighted by molar-refractivity contribution is 14.1. The van der Waals surface area contributed by atoms with Crippen molar-refractivity contribution in [2.75, 3.05) is 11.9 Å². The number of halogens is 1. The fraction of sp³-hybridized carbons (Fsp3) is 0.625. The third-order valence-corrected chi connectivity index (χ3v) is 5.24. The summed E-state index contributed by atoms with van der Waals surface area (Å²) < 4.78 is 1.36. The minimum absolute atomic E-state index is 0.877. The molecular weight excluding hydrogens is 333 g/mol. The number of nitrogens with one attached hydrogen (secondary N) is 1. The highest BCUT2D eigenvalue weighted by Gasteiger charge is 2.11. The summed E-state index contributed by atoms with van der Waals surface area (Å²) in [5.74, 6) is 0.877. The molecule has 0 aliphatic heterocycles. The second-order valence-corrected chi connectivity index (χ2v) is 6.67. The van der Waals surface area contributed by atoms with Crippen LogP contribution in [0.2, 0.25) is 0 Å². The molecular formula is C16H24IN. The zero-order chi connectivity index (χ0) is 12.8. The molecule has 0 heterocycles. The highest BCUT2D eigenvalue weighted by atomic mass is 127. The quantitative estimate of drug-likeness (QED) is 0.717. The summed E-state index contributed by atoms with van der Waals surface area (Å²) in [5.41, 5.74) is 2.72. The first-order valence-corrected chi connectivity index (χ1v) is 8.34. The van der Waals surface area contributed by atoms with Crippen molar-refractivity contribution in [3.8, 4) is 0 Å². The molecule has 2 heteroatoms. The van der Waals surface area contributed by atoms with Gasteiger partial charge in [-0.25, -0.2) is 0 Å². The normalized spacial score (nSPS) is 18.1. The van der Waals surface area contributed by atoms with Crippen LogP contribution in [0.3, 0.4) is 0 Å². The van der Waals surface area contributed by atoms with Crippen molar-refractivity contribution in [1.29, 1.82) is 0 Å². The van der Waals surface area contributed by atoms with Crippen LogP contribution in [-0.2, 0) is 0 Å². The summed E-state index contributed by atoms with van der Waals surface area (Å²) in [6.45, 7) is 3.36. The number of benzene rings is 1. The van der Waals surface area contributed by atoms with Crippen molar-refractivity contribution in [2.24, 2.45) is 5.92 Å². The average molecular weight is 357 g/mol. The van der Waals surface area contributed by atoms with Crippen LogP contribution in [0, 0.1) is 16.4 Å². The van der Waals surface area contributed by atoms with E-state index in [0.29, 0.717) is 0 Å². The molecule has 0 atom stereocenters. The Hall–Kier alpha value is -0.250. The van der Waals surface area contributed by atoms with E-state index in [1.807, 2.05) is 0 Å². The maximum Gasteiger partial charge on any atom is 0.0380 e. The van der Waals surface area contributed by atoms with Gasteiger partial charge in [0, 0.05) is 15.8 Å². The molecule has 1 fully saturated rings. The van der Waals surface area contributed by atoms with Gasteiger partial charge in [0.15, 0.2) is 0 Å². The lowest BCUT2D eigenvalue weighted by molar-refractivity contribution is 0.392. The van der Waals surface area contributed by atoms with Crippen LogP contribution in [0.15, 0.2) is 18.2 Å². The maximum atomic E-state index is 3.67. The number of rotatable bonds is 3. The van der Waals surface area contributed by atoms with Crippen LogP contribution < -0.4 is 5.32 Å². The fourth-order valence-electron chi connectivity index (χ4n) is 2.80. The van der Waals surface area contributed by atoms with E-state index in [2.05, 4.69) is 53.0 Å². The predicted octanol–water partition coefficient (Wildman–Crippen LogP) is 5.37. The molecule has 0 saturated heterocycles. The van der Waals surface area contributed by atoms with Crippen molar-refractivity contribution in [2.45, 2.75) is 51.9 Å². The molecule has 0 aromatic heterocycles. The number of hydrogen-bond acceptors (Lipinski definition) is 1. The SMILES string of the molecule is Cc1c(I)cccc1NCC1CCCCCCC1. The van der Waals surface area contributed by atoms with Gasteiger partial charge in [-0.15, -0.1) is 0 Å². The summed E-state index contributed by atoms with van der Waals surface area (Å²) in [6, 6.07) is 6.53. The molecule has 0 unspecified atom stereocenters. The fourth-order valence-corrected chi connectivity index (χ4v) is 3.30. The van der Waals surface area contributed by atoms with Gasteiger partial charge in [-0.3, -0.25) is 0 Å². The van der Waals surface area contributed by atoms with Gasteiger partial charge in [-0.2, -0.15) is 0 Å². The minimum atomic E-state index is 0.877. The average Bonchev–Trinajstić information content (AvgIpc) is 2.32. The maximum absolute atomic E-state index is 3.67. The third-order valence-electron chi connectivity index (χ3n) is 4.07. The lowest BCUT2D eigenvalue weighted by Crippen LogP contribution is -2.16. The Labute approximate surface area is 125 Å². The van der Waals surface area contributed by atoms with Gasteiger partial charge in [-0.1, -0.05) is 38.2 Å². The van der Waals surface area contributed by atoms with Gasteiger partial charge in [0.25, 0.3) is 0 Å². The van der Waals surface area contributed by atoms with E-state index in [-0.39, 0.29) is 0 Å². The Morgan fingerprint density at radius 2 is 1.78 bits per heavy atom. The molecule has 1 aromatic carbocycles. The summed E-state index contributed by atoms with van der Waals surface area (Å²) in [5, 5.41) is 3.67. The van der Waals surface area contributed by atoms with E-state index in [4.69, 9.17) is 0 Å². The number of anilines is 1. The third kappa shape index (κ3) is 4.15. The highest BCUT2D eigenvalue weighted by Crippen LogP contribution is 2.24. The molecule has 1 N–H and O–H groups in total. The molecule has 0 spiro atoms. The molecule has 0 amide bonds. The molecule has 0 bridgehead atoms. The van der Waals surface area contributed by atoms with Crippen molar-refractivity contribution < 1.29 is 0 Å². The Morgan fingerprint density at radius 3 is 2.50 bits per heavy atom. The Bertz CT molecular complexity index is 367. The van der Waals surface area contributed by atoms with E-state index in [0.717, 1.165) is 12.5 Å². The van der Waals surface area contributed by atoms with E-state index in [1.165, 1.54) is 59.8 Å². The Kier molecular flexibility index (Phi) is 5.80. The largest absolute Gasteiger partial charge is 0.385 e.